The average molecular weight is 291 g/mol. The van der Waals surface area contributed by atoms with Gasteiger partial charge in [-0.3, -0.25) is 9.59 Å². The Morgan fingerprint density at radius 3 is 1.67 bits per heavy atom. The molecule has 0 heterocycles. The van der Waals surface area contributed by atoms with Crippen LogP contribution in [0.5, 0.6) is 0 Å². The molecule has 8 heteroatoms. The average Bonchev–Trinajstić information content (AvgIpc) is 2.13. The molecule has 0 unspecified atom stereocenters. The lowest BCUT2D eigenvalue weighted by atomic mass is 10.2. The fraction of sp³-hybridized carbons (Fsp3) is 0.200. The predicted molar refractivity (Wildman–Crippen MR) is 68.1 cm³/mol. The molecule has 0 saturated carbocycles. The van der Waals surface area contributed by atoms with Gasteiger partial charge in [0.25, 0.3) is 9.05 Å². The maximum absolute atomic E-state index is 11.2. The van der Waals surface area contributed by atoms with E-state index in [2.05, 4.69) is 10.6 Å². The molecule has 1 aromatic carbocycles. The fourth-order valence-electron chi connectivity index (χ4n) is 1.29. The van der Waals surface area contributed by atoms with E-state index in [0.717, 1.165) is 0 Å². The maximum Gasteiger partial charge on any atom is 0.261 e. The summed E-state index contributed by atoms with van der Waals surface area (Å²) in [6.45, 7) is 2.56. The van der Waals surface area contributed by atoms with Crippen LogP contribution in [-0.2, 0) is 18.6 Å². The third-order valence-corrected chi connectivity index (χ3v) is 3.16. The third kappa shape index (κ3) is 4.34. The Kier molecular flexibility index (Phi) is 4.31. The number of nitrogens with one attached hydrogen (secondary N) is 2. The highest BCUT2D eigenvalue weighted by atomic mass is 35.7. The minimum absolute atomic E-state index is 0.209. The molecule has 0 fully saturated rings. The SMILES string of the molecule is CC(=O)Nc1cc(NC(C)=O)cc(S(=O)(=O)Cl)c1. The molecule has 1 rings (SSSR count). The van der Waals surface area contributed by atoms with Crippen molar-refractivity contribution in [1.82, 2.24) is 0 Å². The van der Waals surface area contributed by atoms with Crippen LogP contribution < -0.4 is 10.6 Å². The second-order valence-electron chi connectivity index (χ2n) is 3.55. The van der Waals surface area contributed by atoms with Gasteiger partial charge in [-0.25, -0.2) is 8.42 Å². The normalized spacial score (nSPS) is 10.8. The van der Waals surface area contributed by atoms with Crippen LogP contribution in [0.4, 0.5) is 11.4 Å². The molecule has 0 saturated heterocycles. The first-order chi connectivity index (χ1) is 8.18. The highest BCUT2D eigenvalue weighted by Gasteiger charge is 2.13. The van der Waals surface area contributed by atoms with Gasteiger partial charge in [0.1, 0.15) is 0 Å². The summed E-state index contributed by atoms with van der Waals surface area (Å²) in [7, 11) is 1.27. The molecule has 2 amide bonds. The van der Waals surface area contributed by atoms with Crippen molar-refractivity contribution < 1.29 is 18.0 Å². The van der Waals surface area contributed by atoms with E-state index in [1.165, 1.54) is 32.0 Å². The summed E-state index contributed by atoms with van der Waals surface area (Å²) in [5.74, 6) is -0.735. The molecular formula is C10H11ClN2O4S. The van der Waals surface area contributed by atoms with Gasteiger partial charge in [0, 0.05) is 35.9 Å². The van der Waals surface area contributed by atoms with Gasteiger partial charge in [-0.15, -0.1) is 0 Å². The molecule has 6 nitrogen and oxygen atoms in total. The quantitative estimate of drug-likeness (QED) is 0.826. The number of anilines is 2. The van der Waals surface area contributed by atoms with Gasteiger partial charge in [-0.2, -0.15) is 0 Å². The number of amides is 2. The van der Waals surface area contributed by atoms with Crippen LogP contribution in [0, 0.1) is 0 Å². The van der Waals surface area contributed by atoms with Crippen LogP contribution in [-0.4, -0.2) is 20.2 Å². The van der Waals surface area contributed by atoms with E-state index in [1.54, 1.807) is 0 Å². The Morgan fingerprint density at radius 1 is 1.00 bits per heavy atom. The Morgan fingerprint density at radius 2 is 1.39 bits per heavy atom. The van der Waals surface area contributed by atoms with Crippen LogP contribution >= 0.6 is 10.7 Å². The lowest BCUT2D eigenvalue weighted by Gasteiger charge is -2.08. The van der Waals surface area contributed by atoms with Crippen molar-refractivity contribution >= 4 is 42.9 Å². The summed E-state index contributed by atoms with van der Waals surface area (Å²) < 4.78 is 22.5. The molecule has 0 atom stereocenters. The first kappa shape index (κ1) is 14.5. The van der Waals surface area contributed by atoms with E-state index in [1.807, 2.05) is 0 Å². The van der Waals surface area contributed by atoms with Gasteiger partial charge < -0.3 is 10.6 Å². The Hall–Kier alpha value is -1.60. The molecule has 0 aromatic heterocycles. The van der Waals surface area contributed by atoms with E-state index in [9.17, 15) is 18.0 Å². The van der Waals surface area contributed by atoms with Crippen molar-refractivity contribution in [3.8, 4) is 0 Å². The van der Waals surface area contributed by atoms with Gasteiger partial charge in [0.2, 0.25) is 11.8 Å². The number of carbonyl (C=O) groups excluding carboxylic acids is 2. The second-order valence-corrected chi connectivity index (χ2v) is 6.11. The number of carbonyl (C=O) groups is 2. The highest BCUT2D eigenvalue weighted by Crippen LogP contribution is 2.25. The lowest BCUT2D eigenvalue weighted by Crippen LogP contribution is -2.10. The summed E-state index contributed by atoms with van der Waals surface area (Å²) >= 11 is 0. The van der Waals surface area contributed by atoms with Crippen LogP contribution in [0.2, 0.25) is 0 Å². The van der Waals surface area contributed by atoms with Crippen LogP contribution in [0.1, 0.15) is 13.8 Å². The molecule has 98 valence electrons. The molecule has 1 aromatic rings. The highest BCUT2D eigenvalue weighted by molar-refractivity contribution is 8.13. The van der Waals surface area contributed by atoms with Gasteiger partial charge in [0.15, 0.2) is 0 Å². The van der Waals surface area contributed by atoms with Crippen LogP contribution in [0.3, 0.4) is 0 Å². The van der Waals surface area contributed by atoms with Crippen molar-refractivity contribution in [2.45, 2.75) is 18.7 Å². The molecule has 0 radical (unpaired) electrons. The Balaban J connectivity index is 3.28. The maximum atomic E-state index is 11.2. The van der Waals surface area contributed by atoms with Crippen molar-refractivity contribution in [3.05, 3.63) is 18.2 Å². The van der Waals surface area contributed by atoms with E-state index in [4.69, 9.17) is 10.7 Å². The van der Waals surface area contributed by atoms with Crippen molar-refractivity contribution in [2.75, 3.05) is 10.6 Å². The van der Waals surface area contributed by atoms with Crippen molar-refractivity contribution in [1.29, 1.82) is 0 Å². The molecule has 0 spiro atoms. The smallest absolute Gasteiger partial charge is 0.261 e. The van der Waals surface area contributed by atoms with Gasteiger partial charge in [-0.1, -0.05) is 0 Å². The molecule has 2 N–H and O–H groups in total. The molecule has 0 aliphatic rings. The van der Waals surface area contributed by atoms with Crippen molar-refractivity contribution in [3.63, 3.8) is 0 Å². The largest absolute Gasteiger partial charge is 0.326 e. The first-order valence-electron chi connectivity index (χ1n) is 4.83. The van der Waals surface area contributed by atoms with Gasteiger partial charge in [0.05, 0.1) is 4.90 Å². The van der Waals surface area contributed by atoms with Crippen LogP contribution in [0.15, 0.2) is 23.1 Å². The molecule has 0 aliphatic heterocycles. The Bertz CT molecular complexity index is 564. The number of hydrogen-bond acceptors (Lipinski definition) is 4. The molecule has 18 heavy (non-hydrogen) atoms. The summed E-state index contributed by atoms with van der Waals surface area (Å²) in [5.41, 5.74) is 0.459. The lowest BCUT2D eigenvalue weighted by molar-refractivity contribution is -0.115. The zero-order valence-corrected chi connectivity index (χ0v) is 11.2. The summed E-state index contributed by atoms with van der Waals surface area (Å²) in [6.07, 6.45) is 0. The van der Waals surface area contributed by atoms with E-state index < -0.39 is 9.05 Å². The van der Waals surface area contributed by atoms with E-state index in [-0.39, 0.29) is 28.1 Å². The molecule has 0 bridgehead atoms. The molecule has 0 aliphatic carbocycles. The topological polar surface area (TPSA) is 92.3 Å². The fourth-order valence-corrected chi connectivity index (χ4v) is 2.09. The molecular weight excluding hydrogens is 280 g/mol. The second kappa shape index (κ2) is 5.36. The monoisotopic (exact) mass is 290 g/mol. The summed E-state index contributed by atoms with van der Waals surface area (Å²) in [6, 6.07) is 3.83. The number of benzene rings is 1. The van der Waals surface area contributed by atoms with Gasteiger partial charge >= 0.3 is 0 Å². The summed E-state index contributed by atoms with van der Waals surface area (Å²) in [5, 5.41) is 4.84. The number of hydrogen-bond donors (Lipinski definition) is 2. The standard InChI is InChI=1S/C10H11ClN2O4S/c1-6(14)12-8-3-9(13-7(2)15)5-10(4-8)18(11,16)17/h3-5H,1-2H3,(H,12,14)(H,13,15). The zero-order valence-electron chi connectivity index (χ0n) is 9.65. The minimum atomic E-state index is -3.95. The van der Waals surface area contributed by atoms with Crippen LogP contribution in [0.25, 0.3) is 0 Å². The first-order valence-corrected chi connectivity index (χ1v) is 7.14. The third-order valence-electron chi connectivity index (χ3n) is 1.83. The summed E-state index contributed by atoms with van der Waals surface area (Å²) in [4.78, 5) is 21.6. The van der Waals surface area contributed by atoms with Gasteiger partial charge in [-0.05, 0) is 18.2 Å². The minimum Gasteiger partial charge on any atom is -0.326 e. The number of halogens is 1. The van der Waals surface area contributed by atoms with E-state index in [0.29, 0.717) is 0 Å². The van der Waals surface area contributed by atoms with E-state index >= 15 is 0 Å². The van der Waals surface area contributed by atoms with Crippen molar-refractivity contribution in [2.24, 2.45) is 0 Å². The Labute approximate surface area is 109 Å². The zero-order chi connectivity index (χ0) is 13.9. The number of rotatable bonds is 3. The predicted octanol–water partition coefficient (Wildman–Crippen LogP) is 1.53.